The van der Waals surface area contributed by atoms with Crippen LogP contribution in [0.5, 0.6) is 11.5 Å². The van der Waals surface area contributed by atoms with Crippen LogP contribution in [0.1, 0.15) is 25.7 Å². The number of thioether (sulfide) groups is 1. The number of piperidine rings is 1. The highest BCUT2D eigenvalue weighted by molar-refractivity contribution is 8.00. The minimum absolute atomic E-state index is 0.0656. The standard InChI is InChI=1S/C22H27NO3S/c1-23-17-8-9-18(23)15-22(14-17,16-25-24-2)27-21-12-10-20(11-13-21)26-19-6-4-3-5-7-19/h3-7,10-13,17-18H,8-9,14-16H2,1-2H3. The first kappa shape index (κ1) is 18.8. The van der Waals surface area contributed by atoms with Gasteiger partial charge in [0, 0.05) is 17.0 Å². The molecule has 4 rings (SSSR count). The fourth-order valence-electron chi connectivity index (χ4n) is 4.37. The van der Waals surface area contributed by atoms with Crippen LogP contribution in [0.15, 0.2) is 59.5 Å². The molecule has 2 bridgehead atoms. The highest BCUT2D eigenvalue weighted by Crippen LogP contribution is 2.49. The van der Waals surface area contributed by atoms with E-state index in [2.05, 4.69) is 24.1 Å². The number of nitrogens with zero attached hydrogens (tertiary/aromatic N) is 1. The Morgan fingerprint density at radius 1 is 0.963 bits per heavy atom. The van der Waals surface area contributed by atoms with Crippen LogP contribution in [0.2, 0.25) is 0 Å². The predicted octanol–water partition coefficient (Wildman–Crippen LogP) is 5.14. The number of hydrogen-bond acceptors (Lipinski definition) is 5. The van der Waals surface area contributed by atoms with E-state index < -0.39 is 0 Å². The van der Waals surface area contributed by atoms with E-state index in [4.69, 9.17) is 14.5 Å². The molecule has 2 aliphatic rings. The van der Waals surface area contributed by atoms with E-state index in [9.17, 15) is 0 Å². The summed E-state index contributed by atoms with van der Waals surface area (Å²) in [7, 11) is 3.86. The maximum absolute atomic E-state index is 5.91. The Hall–Kier alpha value is -1.53. The fraction of sp³-hybridized carbons (Fsp3) is 0.455. The van der Waals surface area contributed by atoms with Crippen molar-refractivity contribution in [2.45, 2.75) is 47.4 Å². The molecule has 0 aliphatic carbocycles. The van der Waals surface area contributed by atoms with E-state index in [0.29, 0.717) is 18.7 Å². The second-order valence-electron chi connectivity index (χ2n) is 7.56. The van der Waals surface area contributed by atoms with Crippen molar-refractivity contribution in [2.24, 2.45) is 0 Å². The lowest BCUT2D eigenvalue weighted by molar-refractivity contribution is -0.278. The summed E-state index contributed by atoms with van der Waals surface area (Å²) in [5.74, 6) is 1.71. The third-order valence-electron chi connectivity index (χ3n) is 5.78. The van der Waals surface area contributed by atoms with Crippen molar-refractivity contribution in [3.05, 3.63) is 54.6 Å². The molecule has 0 N–H and O–H groups in total. The van der Waals surface area contributed by atoms with E-state index in [1.807, 2.05) is 54.2 Å². The first-order valence-electron chi connectivity index (χ1n) is 9.57. The predicted molar refractivity (Wildman–Crippen MR) is 108 cm³/mol. The lowest BCUT2D eigenvalue weighted by Gasteiger charge is -2.44. The monoisotopic (exact) mass is 385 g/mol. The van der Waals surface area contributed by atoms with E-state index in [1.54, 1.807) is 7.11 Å². The van der Waals surface area contributed by atoms with Crippen LogP contribution >= 0.6 is 11.8 Å². The molecule has 2 heterocycles. The zero-order valence-corrected chi connectivity index (χ0v) is 16.8. The van der Waals surface area contributed by atoms with Crippen molar-refractivity contribution >= 4 is 11.8 Å². The molecule has 0 spiro atoms. The SMILES string of the molecule is COOCC1(Sc2ccc(Oc3ccccc3)cc2)CC2CCC(C1)N2C. The molecule has 4 nitrogen and oxygen atoms in total. The molecule has 2 aromatic rings. The molecule has 2 aliphatic heterocycles. The Morgan fingerprint density at radius 2 is 1.59 bits per heavy atom. The first-order valence-corrected chi connectivity index (χ1v) is 10.4. The quantitative estimate of drug-likeness (QED) is 0.486. The number of fused-ring (bicyclic) bond motifs is 2. The lowest BCUT2D eigenvalue weighted by Crippen LogP contribution is -2.49. The van der Waals surface area contributed by atoms with E-state index in [1.165, 1.54) is 17.7 Å². The van der Waals surface area contributed by atoms with Crippen LogP contribution in [0.4, 0.5) is 0 Å². The molecule has 144 valence electrons. The molecule has 2 aromatic carbocycles. The van der Waals surface area contributed by atoms with Gasteiger partial charge in [-0.05, 0) is 69.1 Å². The van der Waals surface area contributed by atoms with Crippen LogP contribution < -0.4 is 4.74 Å². The average Bonchev–Trinajstić information content (AvgIpc) is 2.91. The van der Waals surface area contributed by atoms with Gasteiger partial charge >= 0.3 is 0 Å². The summed E-state index contributed by atoms with van der Waals surface area (Å²) in [6.07, 6.45) is 4.85. The molecule has 2 atom stereocenters. The van der Waals surface area contributed by atoms with Gasteiger partial charge in [-0.25, -0.2) is 9.78 Å². The molecule has 0 radical (unpaired) electrons. The van der Waals surface area contributed by atoms with Crippen LogP contribution in [0.3, 0.4) is 0 Å². The van der Waals surface area contributed by atoms with Gasteiger partial charge in [0.15, 0.2) is 0 Å². The van der Waals surface area contributed by atoms with E-state index in [-0.39, 0.29) is 4.75 Å². The molecule has 0 aromatic heterocycles. The number of para-hydroxylation sites is 1. The van der Waals surface area contributed by atoms with Gasteiger partial charge in [-0.2, -0.15) is 0 Å². The normalized spacial score (nSPS) is 27.6. The van der Waals surface area contributed by atoms with Gasteiger partial charge in [-0.1, -0.05) is 18.2 Å². The van der Waals surface area contributed by atoms with Gasteiger partial charge in [-0.3, -0.25) is 0 Å². The highest BCUT2D eigenvalue weighted by atomic mass is 32.2. The van der Waals surface area contributed by atoms with Crippen LogP contribution in [0, 0.1) is 0 Å². The van der Waals surface area contributed by atoms with Gasteiger partial charge in [0.25, 0.3) is 0 Å². The van der Waals surface area contributed by atoms with Gasteiger partial charge in [0.2, 0.25) is 0 Å². The van der Waals surface area contributed by atoms with Crippen LogP contribution in [-0.4, -0.2) is 42.5 Å². The van der Waals surface area contributed by atoms with E-state index >= 15 is 0 Å². The third-order valence-corrected chi connectivity index (χ3v) is 7.17. The first-order chi connectivity index (χ1) is 13.2. The van der Waals surface area contributed by atoms with Gasteiger partial charge in [-0.15, -0.1) is 11.8 Å². The molecule has 0 saturated carbocycles. The summed E-state index contributed by atoms with van der Waals surface area (Å²) in [6, 6.07) is 19.6. The van der Waals surface area contributed by atoms with Crippen LogP contribution in [0.25, 0.3) is 0 Å². The minimum Gasteiger partial charge on any atom is -0.457 e. The topological polar surface area (TPSA) is 30.9 Å². The molecule has 5 heteroatoms. The summed E-state index contributed by atoms with van der Waals surface area (Å²) in [5.41, 5.74) is 0. The zero-order valence-electron chi connectivity index (χ0n) is 16.0. The van der Waals surface area contributed by atoms with Crippen molar-refractivity contribution in [1.29, 1.82) is 0 Å². The number of rotatable bonds is 7. The molecule has 0 amide bonds. The Morgan fingerprint density at radius 3 is 2.22 bits per heavy atom. The molecule has 2 saturated heterocycles. The molecule has 2 unspecified atom stereocenters. The summed E-state index contributed by atoms with van der Waals surface area (Å²) in [4.78, 5) is 14.2. The Labute approximate surface area is 165 Å². The van der Waals surface area contributed by atoms with Gasteiger partial charge < -0.3 is 9.64 Å². The molecular formula is C22H27NO3S. The van der Waals surface area contributed by atoms with Gasteiger partial charge in [0.05, 0.1) is 18.5 Å². The Kier molecular flexibility index (Phi) is 5.74. The highest BCUT2D eigenvalue weighted by Gasteiger charge is 2.48. The van der Waals surface area contributed by atoms with Crippen molar-refractivity contribution in [1.82, 2.24) is 4.90 Å². The smallest absolute Gasteiger partial charge is 0.127 e. The largest absolute Gasteiger partial charge is 0.457 e. The van der Waals surface area contributed by atoms with Crippen molar-refractivity contribution < 1.29 is 14.5 Å². The maximum Gasteiger partial charge on any atom is 0.127 e. The molecule has 2 fully saturated rings. The summed E-state index contributed by atoms with van der Waals surface area (Å²) < 4.78 is 5.98. The Balaban J connectivity index is 1.47. The average molecular weight is 386 g/mol. The lowest BCUT2D eigenvalue weighted by atomic mass is 9.91. The molecule has 27 heavy (non-hydrogen) atoms. The summed E-state index contributed by atoms with van der Waals surface area (Å²) >= 11 is 1.93. The minimum atomic E-state index is 0.0656. The second kappa shape index (κ2) is 8.23. The van der Waals surface area contributed by atoms with Crippen molar-refractivity contribution in [3.63, 3.8) is 0 Å². The second-order valence-corrected chi connectivity index (χ2v) is 9.10. The summed E-state index contributed by atoms with van der Waals surface area (Å²) in [5, 5.41) is 0. The van der Waals surface area contributed by atoms with Crippen molar-refractivity contribution in [3.8, 4) is 11.5 Å². The number of ether oxygens (including phenoxy) is 1. The number of hydrogen-bond donors (Lipinski definition) is 0. The maximum atomic E-state index is 5.91. The molecular weight excluding hydrogens is 358 g/mol. The van der Waals surface area contributed by atoms with E-state index in [0.717, 1.165) is 24.3 Å². The Bertz CT molecular complexity index is 723. The van der Waals surface area contributed by atoms with Crippen molar-refractivity contribution in [2.75, 3.05) is 20.8 Å². The van der Waals surface area contributed by atoms with Crippen LogP contribution in [-0.2, 0) is 9.78 Å². The fourth-order valence-corrected chi connectivity index (χ4v) is 5.80. The summed E-state index contributed by atoms with van der Waals surface area (Å²) in [6.45, 7) is 0.622. The zero-order chi connectivity index (χ0) is 18.7. The number of benzene rings is 2. The van der Waals surface area contributed by atoms with Gasteiger partial charge in [0.1, 0.15) is 11.5 Å². The third kappa shape index (κ3) is 4.32.